The third-order valence-corrected chi connectivity index (χ3v) is 5.06. The highest BCUT2D eigenvalue weighted by atomic mass is 16.5. The molecule has 4 rings (SSSR count). The highest BCUT2D eigenvalue weighted by Crippen LogP contribution is 2.26. The average molecular weight is 387 g/mol. The number of carboxylic acids is 1. The summed E-state index contributed by atoms with van der Waals surface area (Å²) in [4.78, 5) is 25.4. The van der Waals surface area contributed by atoms with Gasteiger partial charge in [-0.3, -0.25) is 4.79 Å². The number of fused-ring (bicyclic) bond motifs is 1. The Hall–Kier alpha value is -3.60. The van der Waals surface area contributed by atoms with Crippen molar-refractivity contribution in [3.05, 3.63) is 83.9 Å². The number of nitrogens with zero attached hydrogens (tertiary/aromatic N) is 1. The summed E-state index contributed by atoms with van der Waals surface area (Å²) in [5.41, 5.74) is 2.82. The van der Waals surface area contributed by atoms with Gasteiger partial charge in [0.05, 0.1) is 0 Å². The molecule has 3 aromatic rings. The first-order valence-electron chi connectivity index (χ1n) is 9.52. The van der Waals surface area contributed by atoms with Gasteiger partial charge >= 0.3 is 5.97 Å². The van der Waals surface area contributed by atoms with Gasteiger partial charge in [0.1, 0.15) is 5.75 Å². The second kappa shape index (κ2) is 8.19. The molecule has 0 saturated carbocycles. The smallest absolute Gasteiger partial charge is 0.341 e. The first kappa shape index (κ1) is 18.7. The SMILES string of the molecule is O=C(O)COc1cccc(C2=CCN(C(=O)c3ccc4ccccc4c3)CC2)c1. The Balaban J connectivity index is 1.46. The molecule has 0 spiro atoms. The number of carboxylic acid groups (broad SMARTS) is 1. The van der Waals surface area contributed by atoms with Gasteiger partial charge in [0.25, 0.3) is 5.91 Å². The van der Waals surface area contributed by atoms with Crippen molar-refractivity contribution in [3.63, 3.8) is 0 Å². The van der Waals surface area contributed by atoms with Crippen molar-refractivity contribution in [2.75, 3.05) is 19.7 Å². The van der Waals surface area contributed by atoms with Crippen LogP contribution in [0.25, 0.3) is 16.3 Å². The molecule has 0 aliphatic carbocycles. The molecule has 29 heavy (non-hydrogen) atoms. The number of hydrogen-bond acceptors (Lipinski definition) is 3. The van der Waals surface area contributed by atoms with Crippen LogP contribution in [-0.4, -0.2) is 41.6 Å². The zero-order chi connectivity index (χ0) is 20.2. The maximum absolute atomic E-state index is 12.9. The van der Waals surface area contributed by atoms with E-state index in [1.807, 2.05) is 65.6 Å². The normalized spacial score (nSPS) is 13.8. The number of aliphatic carboxylic acids is 1. The van der Waals surface area contributed by atoms with E-state index >= 15 is 0 Å². The van der Waals surface area contributed by atoms with Crippen LogP contribution in [-0.2, 0) is 4.79 Å². The molecular formula is C24H21NO4. The van der Waals surface area contributed by atoms with Crippen molar-refractivity contribution in [1.29, 1.82) is 0 Å². The van der Waals surface area contributed by atoms with Crippen LogP contribution in [0.15, 0.2) is 72.8 Å². The largest absolute Gasteiger partial charge is 0.482 e. The van der Waals surface area contributed by atoms with E-state index in [1.54, 1.807) is 6.07 Å². The molecule has 5 heteroatoms. The Bertz CT molecular complexity index is 1100. The van der Waals surface area contributed by atoms with E-state index in [0.717, 1.165) is 28.3 Å². The molecule has 0 unspecified atom stereocenters. The van der Waals surface area contributed by atoms with Crippen LogP contribution in [0.3, 0.4) is 0 Å². The minimum Gasteiger partial charge on any atom is -0.482 e. The fourth-order valence-corrected chi connectivity index (χ4v) is 3.55. The lowest BCUT2D eigenvalue weighted by Crippen LogP contribution is -2.34. The fourth-order valence-electron chi connectivity index (χ4n) is 3.55. The van der Waals surface area contributed by atoms with Crippen molar-refractivity contribution < 1.29 is 19.4 Å². The van der Waals surface area contributed by atoms with Crippen LogP contribution < -0.4 is 4.74 Å². The van der Waals surface area contributed by atoms with Gasteiger partial charge in [-0.15, -0.1) is 0 Å². The quantitative estimate of drug-likeness (QED) is 0.711. The number of carbonyl (C=O) groups is 2. The number of ether oxygens (including phenoxy) is 1. The lowest BCUT2D eigenvalue weighted by Gasteiger charge is -2.27. The van der Waals surface area contributed by atoms with Crippen LogP contribution in [0, 0.1) is 0 Å². The third-order valence-electron chi connectivity index (χ3n) is 5.06. The molecule has 0 bridgehead atoms. The molecule has 1 amide bonds. The molecule has 1 aliphatic rings. The summed E-state index contributed by atoms with van der Waals surface area (Å²) in [6.07, 6.45) is 2.79. The van der Waals surface area contributed by atoms with E-state index in [0.29, 0.717) is 24.4 Å². The van der Waals surface area contributed by atoms with Gasteiger partial charge in [0, 0.05) is 18.7 Å². The Morgan fingerprint density at radius 2 is 1.79 bits per heavy atom. The van der Waals surface area contributed by atoms with Gasteiger partial charge < -0.3 is 14.7 Å². The standard InChI is InChI=1S/C24H21NO4/c26-23(27)16-29-22-7-3-6-20(15-22)18-10-12-25(13-11-18)24(28)21-9-8-17-4-1-2-5-19(17)14-21/h1-10,14-15H,11-13,16H2,(H,26,27). The second-order valence-electron chi connectivity index (χ2n) is 7.00. The van der Waals surface area contributed by atoms with E-state index in [-0.39, 0.29) is 12.5 Å². The summed E-state index contributed by atoms with van der Waals surface area (Å²) >= 11 is 0. The maximum atomic E-state index is 12.9. The summed E-state index contributed by atoms with van der Waals surface area (Å²) in [5.74, 6) is -0.444. The first-order chi connectivity index (χ1) is 14.1. The van der Waals surface area contributed by atoms with Crippen molar-refractivity contribution in [2.45, 2.75) is 6.42 Å². The average Bonchev–Trinajstić information content (AvgIpc) is 2.77. The topological polar surface area (TPSA) is 66.8 Å². The van der Waals surface area contributed by atoms with E-state index in [9.17, 15) is 9.59 Å². The lowest BCUT2D eigenvalue weighted by molar-refractivity contribution is -0.139. The summed E-state index contributed by atoms with van der Waals surface area (Å²) in [6.45, 7) is 0.815. The highest BCUT2D eigenvalue weighted by molar-refractivity contribution is 5.99. The van der Waals surface area contributed by atoms with Crippen LogP contribution >= 0.6 is 0 Å². The monoisotopic (exact) mass is 387 g/mol. The summed E-state index contributed by atoms with van der Waals surface area (Å²) < 4.78 is 5.26. The van der Waals surface area contributed by atoms with Crippen molar-refractivity contribution in [1.82, 2.24) is 4.90 Å². The number of rotatable bonds is 5. The predicted octanol–water partition coefficient (Wildman–Crippen LogP) is 4.23. The van der Waals surface area contributed by atoms with Gasteiger partial charge in [-0.1, -0.05) is 48.5 Å². The molecule has 1 N–H and O–H groups in total. The van der Waals surface area contributed by atoms with Crippen LogP contribution in [0.4, 0.5) is 0 Å². The van der Waals surface area contributed by atoms with E-state index in [1.165, 1.54) is 0 Å². The zero-order valence-corrected chi connectivity index (χ0v) is 15.9. The molecule has 5 nitrogen and oxygen atoms in total. The number of benzene rings is 3. The van der Waals surface area contributed by atoms with E-state index in [2.05, 4.69) is 6.08 Å². The zero-order valence-electron chi connectivity index (χ0n) is 15.9. The molecule has 0 aromatic heterocycles. The molecule has 0 radical (unpaired) electrons. The molecule has 0 saturated heterocycles. The molecule has 146 valence electrons. The number of carbonyl (C=O) groups excluding carboxylic acids is 1. The van der Waals surface area contributed by atoms with Crippen LogP contribution in [0.1, 0.15) is 22.3 Å². The summed E-state index contributed by atoms with van der Waals surface area (Å²) in [5, 5.41) is 10.9. The van der Waals surface area contributed by atoms with Gasteiger partial charge in [-0.05, 0) is 52.6 Å². The molecule has 1 aliphatic heterocycles. The Labute approximate surface area is 168 Å². The Morgan fingerprint density at radius 1 is 0.966 bits per heavy atom. The minimum atomic E-state index is -1.00. The molecule has 1 heterocycles. The summed E-state index contributed by atoms with van der Waals surface area (Å²) in [7, 11) is 0. The van der Waals surface area contributed by atoms with Gasteiger partial charge in [0.15, 0.2) is 6.61 Å². The van der Waals surface area contributed by atoms with Crippen molar-refractivity contribution in [2.24, 2.45) is 0 Å². The van der Waals surface area contributed by atoms with Crippen molar-refractivity contribution in [3.8, 4) is 5.75 Å². The Kier molecular flexibility index (Phi) is 5.29. The number of hydrogen-bond donors (Lipinski definition) is 1. The highest BCUT2D eigenvalue weighted by Gasteiger charge is 2.19. The van der Waals surface area contributed by atoms with Gasteiger partial charge in [-0.25, -0.2) is 4.79 Å². The molecule has 0 atom stereocenters. The van der Waals surface area contributed by atoms with Crippen LogP contribution in [0.5, 0.6) is 5.75 Å². The predicted molar refractivity (Wildman–Crippen MR) is 112 cm³/mol. The fraction of sp³-hybridized carbons (Fsp3) is 0.167. The van der Waals surface area contributed by atoms with Gasteiger partial charge in [0.2, 0.25) is 0 Å². The second-order valence-corrected chi connectivity index (χ2v) is 7.00. The first-order valence-corrected chi connectivity index (χ1v) is 9.52. The van der Waals surface area contributed by atoms with Crippen molar-refractivity contribution >= 4 is 28.2 Å². The number of amides is 1. The lowest BCUT2D eigenvalue weighted by atomic mass is 9.98. The minimum absolute atomic E-state index is 0.0320. The van der Waals surface area contributed by atoms with E-state index < -0.39 is 5.97 Å². The molecule has 3 aromatic carbocycles. The molecule has 0 fully saturated rings. The van der Waals surface area contributed by atoms with E-state index in [4.69, 9.17) is 9.84 Å². The maximum Gasteiger partial charge on any atom is 0.341 e. The molecular weight excluding hydrogens is 366 g/mol. The summed E-state index contributed by atoms with van der Waals surface area (Å²) in [6, 6.07) is 21.2. The van der Waals surface area contributed by atoms with Gasteiger partial charge in [-0.2, -0.15) is 0 Å². The van der Waals surface area contributed by atoms with Crippen LogP contribution in [0.2, 0.25) is 0 Å². The third kappa shape index (κ3) is 4.29. The Morgan fingerprint density at radius 3 is 2.55 bits per heavy atom.